The number of carbonyl (C=O) groups is 2. The third-order valence-electron chi connectivity index (χ3n) is 3.34. The average molecular weight is 366 g/mol. The molecule has 0 amide bonds. The van der Waals surface area contributed by atoms with Gasteiger partial charge in [-0.05, 0) is 37.1 Å². The van der Waals surface area contributed by atoms with E-state index >= 15 is 0 Å². The topological polar surface area (TPSA) is 76.5 Å². The molecule has 6 heteroatoms. The zero-order valence-corrected chi connectivity index (χ0v) is 13.9. The maximum Gasteiger partial charge on any atom is 0.354 e. The molecule has 5 nitrogen and oxygen atoms in total. The Labute approximate surface area is 136 Å². The summed E-state index contributed by atoms with van der Waals surface area (Å²) in [6.07, 6.45) is 1.68. The predicted octanol–water partition coefficient (Wildman–Crippen LogP) is 3.96. The average Bonchev–Trinajstić information content (AvgIpc) is 2.50. The fourth-order valence-electron chi connectivity index (χ4n) is 2.13. The Balaban J connectivity index is 2.60. The quantitative estimate of drug-likeness (QED) is 0.640. The number of benzene rings is 1. The van der Waals surface area contributed by atoms with Gasteiger partial charge in [0.1, 0.15) is 5.69 Å². The van der Waals surface area contributed by atoms with Crippen LogP contribution in [0.3, 0.4) is 0 Å². The summed E-state index contributed by atoms with van der Waals surface area (Å²) in [5, 5.41) is 9.78. The number of ether oxygens (including phenoxy) is 1. The van der Waals surface area contributed by atoms with Gasteiger partial charge in [0.15, 0.2) is 0 Å². The van der Waals surface area contributed by atoms with Gasteiger partial charge in [-0.2, -0.15) is 0 Å². The Bertz CT molecular complexity index is 742. The number of halogens is 1. The van der Waals surface area contributed by atoms with Gasteiger partial charge in [0.2, 0.25) is 0 Å². The first-order chi connectivity index (χ1) is 10.5. The van der Waals surface area contributed by atoms with Crippen molar-refractivity contribution in [1.82, 2.24) is 4.98 Å². The molecule has 0 radical (unpaired) electrons. The molecule has 0 bridgehead atoms. The lowest BCUT2D eigenvalue weighted by Gasteiger charge is -2.11. The van der Waals surface area contributed by atoms with E-state index in [4.69, 9.17) is 9.84 Å². The Morgan fingerprint density at radius 1 is 1.36 bits per heavy atom. The Morgan fingerprint density at radius 2 is 2.09 bits per heavy atom. The molecule has 1 heterocycles. The fraction of sp³-hybridized carbons (Fsp3) is 0.312. The summed E-state index contributed by atoms with van der Waals surface area (Å²) in [5.41, 5.74) is 1.35. The zero-order valence-electron chi connectivity index (χ0n) is 12.4. The molecule has 116 valence electrons. The van der Waals surface area contributed by atoms with Crippen molar-refractivity contribution in [3.8, 4) is 0 Å². The van der Waals surface area contributed by atoms with E-state index in [9.17, 15) is 9.59 Å². The minimum absolute atomic E-state index is 0.170. The van der Waals surface area contributed by atoms with Gasteiger partial charge in [0.25, 0.3) is 0 Å². The van der Waals surface area contributed by atoms with E-state index in [1.165, 1.54) is 6.07 Å². The summed E-state index contributed by atoms with van der Waals surface area (Å²) in [6, 6.07) is 4.74. The second-order valence-electron chi connectivity index (χ2n) is 4.92. The molecule has 1 aromatic heterocycles. The maximum absolute atomic E-state index is 12.3. The van der Waals surface area contributed by atoms with Crippen LogP contribution in [0.4, 0.5) is 0 Å². The molecule has 0 unspecified atom stereocenters. The largest absolute Gasteiger partial charge is 0.477 e. The summed E-state index contributed by atoms with van der Waals surface area (Å²) in [4.78, 5) is 27.6. The number of aromatic carboxylic acids is 1. The Morgan fingerprint density at radius 3 is 2.73 bits per heavy atom. The first-order valence-corrected chi connectivity index (χ1v) is 7.75. The molecule has 0 aliphatic rings. The first-order valence-electron chi connectivity index (χ1n) is 6.96. The molecule has 1 aromatic carbocycles. The van der Waals surface area contributed by atoms with Crippen LogP contribution in [0.5, 0.6) is 0 Å². The number of unbranched alkanes of at least 4 members (excludes halogenated alkanes) is 1. The van der Waals surface area contributed by atoms with E-state index in [0.29, 0.717) is 17.5 Å². The monoisotopic (exact) mass is 365 g/mol. The number of nitrogens with zero attached hydrogens (tertiary/aromatic N) is 1. The number of pyridine rings is 1. The van der Waals surface area contributed by atoms with Crippen molar-refractivity contribution < 1.29 is 19.4 Å². The minimum atomic E-state index is -1.18. The van der Waals surface area contributed by atoms with Gasteiger partial charge in [-0.15, -0.1) is 0 Å². The number of esters is 1. The number of carboxylic acid groups (broad SMARTS) is 1. The SMILES string of the molecule is CCCCOC(=O)c1cc(C(=O)O)nc2ccc(Br)c(C)c12. The molecule has 0 aliphatic heterocycles. The molecule has 2 rings (SSSR count). The maximum atomic E-state index is 12.3. The van der Waals surface area contributed by atoms with Gasteiger partial charge in [-0.25, -0.2) is 14.6 Å². The smallest absolute Gasteiger partial charge is 0.354 e. The second kappa shape index (κ2) is 6.87. The van der Waals surface area contributed by atoms with Gasteiger partial charge >= 0.3 is 11.9 Å². The molecule has 2 aromatic rings. The number of carboxylic acids is 1. The van der Waals surface area contributed by atoms with Crippen molar-refractivity contribution in [2.75, 3.05) is 6.61 Å². The van der Waals surface area contributed by atoms with E-state index in [2.05, 4.69) is 20.9 Å². The Hall–Kier alpha value is -1.95. The lowest BCUT2D eigenvalue weighted by Crippen LogP contribution is -2.11. The predicted molar refractivity (Wildman–Crippen MR) is 86.3 cm³/mol. The first kappa shape index (κ1) is 16.4. The molecular formula is C16H16BrNO4. The molecule has 0 fully saturated rings. The highest BCUT2D eigenvalue weighted by atomic mass is 79.9. The van der Waals surface area contributed by atoms with Gasteiger partial charge in [0, 0.05) is 9.86 Å². The van der Waals surface area contributed by atoms with Gasteiger partial charge < -0.3 is 9.84 Å². The summed E-state index contributed by atoms with van der Waals surface area (Å²) in [6.45, 7) is 4.16. The van der Waals surface area contributed by atoms with Crippen molar-refractivity contribution >= 4 is 38.8 Å². The molecule has 22 heavy (non-hydrogen) atoms. The van der Waals surface area contributed by atoms with Crippen molar-refractivity contribution in [3.63, 3.8) is 0 Å². The van der Waals surface area contributed by atoms with E-state index < -0.39 is 11.9 Å². The van der Waals surface area contributed by atoms with Gasteiger partial charge in [0.05, 0.1) is 17.7 Å². The number of aromatic nitrogens is 1. The number of rotatable bonds is 5. The summed E-state index contributed by atoms with van der Waals surface area (Å²) in [5.74, 6) is -1.70. The normalized spacial score (nSPS) is 10.7. The number of aryl methyl sites for hydroxylation is 1. The molecular weight excluding hydrogens is 350 g/mol. The standard InChI is InChI=1S/C16H16BrNO4/c1-3-4-7-22-16(21)10-8-13(15(19)20)18-12-6-5-11(17)9(2)14(10)12/h5-6,8H,3-4,7H2,1-2H3,(H,19,20). The van der Waals surface area contributed by atoms with Crippen molar-refractivity contribution in [3.05, 3.63) is 39.5 Å². The summed E-state index contributed by atoms with van der Waals surface area (Å²) in [7, 11) is 0. The lowest BCUT2D eigenvalue weighted by molar-refractivity contribution is 0.0502. The van der Waals surface area contributed by atoms with Crippen LogP contribution in [0, 0.1) is 6.92 Å². The third kappa shape index (κ3) is 3.27. The third-order valence-corrected chi connectivity index (χ3v) is 4.20. The van der Waals surface area contributed by atoms with E-state index in [-0.39, 0.29) is 11.3 Å². The van der Waals surface area contributed by atoms with Crippen LogP contribution >= 0.6 is 15.9 Å². The number of hydrogen-bond donors (Lipinski definition) is 1. The number of fused-ring (bicyclic) bond motifs is 1. The number of hydrogen-bond acceptors (Lipinski definition) is 4. The highest BCUT2D eigenvalue weighted by molar-refractivity contribution is 9.10. The van der Waals surface area contributed by atoms with Crippen LogP contribution in [-0.4, -0.2) is 28.6 Å². The van der Waals surface area contributed by atoms with Crippen LogP contribution in [0.1, 0.15) is 46.2 Å². The summed E-state index contributed by atoms with van der Waals surface area (Å²) < 4.78 is 6.06. The van der Waals surface area contributed by atoms with Crippen molar-refractivity contribution in [2.45, 2.75) is 26.7 Å². The van der Waals surface area contributed by atoms with E-state index in [1.807, 2.05) is 13.8 Å². The van der Waals surface area contributed by atoms with Crippen LogP contribution in [0.2, 0.25) is 0 Å². The second-order valence-corrected chi connectivity index (χ2v) is 5.77. The molecule has 0 spiro atoms. The van der Waals surface area contributed by atoms with Crippen LogP contribution in [0.25, 0.3) is 10.9 Å². The highest BCUT2D eigenvalue weighted by Crippen LogP contribution is 2.28. The lowest BCUT2D eigenvalue weighted by atomic mass is 10.0. The van der Waals surface area contributed by atoms with Crippen LogP contribution < -0.4 is 0 Å². The molecule has 0 aliphatic carbocycles. The fourth-order valence-corrected chi connectivity index (χ4v) is 2.46. The zero-order chi connectivity index (χ0) is 16.3. The minimum Gasteiger partial charge on any atom is -0.477 e. The number of carbonyl (C=O) groups excluding carboxylic acids is 1. The van der Waals surface area contributed by atoms with Crippen molar-refractivity contribution in [2.24, 2.45) is 0 Å². The highest BCUT2D eigenvalue weighted by Gasteiger charge is 2.19. The molecule has 0 saturated heterocycles. The molecule has 0 saturated carbocycles. The molecule has 0 atom stereocenters. The van der Waals surface area contributed by atoms with Gasteiger partial charge in [-0.3, -0.25) is 0 Å². The van der Waals surface area contributed by atoms with E-state index in [1.54, 1.807) is 12.1 Å². The van der Waals surface area contributed by atoms with E-state index in [0.717, 1.165) is 22.9 Å². The van der Waals surface area contributed by atoms with Crippen LogP contribution in [-0.2, 0) is 4.74 Å². The van der Waals surface area contributed by atoms with Crippen molar-refractivity contribution in [1.29, 1.82) is 0 Å². The molecule has 1 N–H and O–H groups in total. The van der Waals surface area contributed by atoms with Gasteiger partial charge in [-0.1, -0.05) is 29.3 Å². The van der Waals surface area contributed by atoms with Crippen LogP contribution in [0.15, 0.2) is 22.7 Å². The Kier molecular flexibility index (Phi) is 5.13. The summed E-state index contributed by atoms with van der Waals surface area (Å²) >= 11 is 3.41.